The molecule has 0 amide bonds. The second-order valence-corrected chi connectivity index (χ2v) is 6.62. The Balaban J connectivity index is 1.92. The average Bonchev–Trinajstić information content (AvgIpc) is 2.73. The van der Waals surface area contributed by atoms with Gasteiger partial charge >= 0.3 is 5.97 Å². The Labute approximate surface area is 167 Å². The minimum absolute atomic E-state index is 0.148. The number of esters is 1. The zero-order chi connectivity index (χ0) is 20.0. The SMILES string of the molecule is COCCNC/C(=C/CCCCC(=O)OC)COc1cccc2ccccc12. The Morgan fingerprint density at radius 1 is 1.07 bits per heavy atom. The third-order valence-corrected chi connectivity index (χ3v) is 4.49. The Bertz CT molecular complexity index is 752. The zero-order valence-electron chi connectivity index (χ0n) is 16.9. The third kappa shape index (κ3) is 7.71. The van der Waals surface area contributed by atoms with Gasteiger partial charge in [-0.15, -0.1) is 0 Å². The van der Waals surface area contributed by atoms with Crippen LogP contribution >= 0.6 is 0 Å². The minimum atomic E-state index is -0.148. The van der Waals surface area contributed by atoms with Gasteiger partial charge in [0.25, 0.3) is 0 Å². The van der Waals surface area contributed by atoms with Crippen LogP contribution in [0.3, 0.4) is 0 Å². The van der Waals surface area contributed by atoms with E-state index in [2.05, 4.69) is 34.3 Å². The monoisotopic (exact) mass is 385 g/mol. The van der Waals surface area contributed by atoms with Gasteiger partial charge in [-0.25, -0.2) is 0 Å². The predicted molar refractivity (Wildman–Crippen MR) is 113 cm³/mol. The maximum absolute atomic E-state index is 11.2. The first kappa shape index (κ1) is 21.9. The van der Waals surface area contributed by atoms with E-state index in [-0.39, 0.29) is 5.97 Å². The molecule has 0 atom stereocenters. The van der Waals surface area contributed by atoms with Gasteiger partial charge in [0.05, 0.1) is 13.7 Å². The highest BCUT2D eigenvalue weighted by molar-refractivity contribution is 5.88. The smallest absolute Gasteiger partial charge is 0.305 e. The number of fused-ring (bicyclic) bond motifs is 1. The number of hydrogen-bond donors (Lipinski definition) is 1. The number of benzene rings is 2. The fraction of sp³-hybridized carbons (Fsp3) is 0.435. The lowest BCUT2D eigenvalue weighted by molar-refractivity contribution is -0.140. The lowest BCUT2D eigenvalue weighted by Gasteiger charge is -2.13. The average molecular weight is 386 g/mol. The lowest BCUT2D eigenvalue weighted by Crippen LogP contribution is -2.23. The van der Waals surface area contributed by atoms with E-state index in [9.17, 15) is 4.79 Å². The van der Waals surface area contributed by atoms with E-state index >= 15 is 0 Å². The van der Waals surface area contributed by atoms with Crippen LogP contribution in [0.25, 0.3) is 10.8 Å². The number of ether oxygens (including phenoxy) is 3. The van der Waals surface area contributed by atoms with Gasteiger partial charge in [0.15, 0.2) is 0 Å². The van der Waals surface area contributed by atoms with Crippen molar-refractivity contribution in [3.63, 3.8) is 0 Å². The fourth-order valence-corrected chi connectivity index (χ4v) is 2.92. The molecule has 0 bridgehead atoms. The first-order valence-electron chi connectivity index (χ1n) is 9.79. The van der Waals surface area contributed by atoms with Gasteiger partial charge in [-0.1, -0.05) is 42.5 Å². The number of carbonyl (C=O) groups is 1. The molecule has 5 heteroatoms. The molecule has 0 aromatic heterocycles. The predicted octanol–water partition coefficient (Wildman–Crippen LogP) is 4.11. The number of rotatable bonds is 13. The van der Waals surface area contributed by atoms with Gasteiger partial charge in [-0.05, 0) is 36.3 Å². The van der Waals surface area contributed by atoms with Gasteiger partial charge < -0.3 is 19.5 Å². The number of unbranched alkanes of at least 4 members (excludes halogenated alkanes) is 2. The molecule has 1 N–H and O–H groups in total. The maximum atomic E-state index is 11.2. The molecule has 0 unspecified atom stereocenters. The van der Waals surface area contributed by atoms with Crippen LogP contribution in [-0.2, 0) is 14.3 Å². The molecular formula is C23H31NO4. The number of allylic oxidation sites excluding steroid dienone is 1. The zero-order valence-corrected chi connectivity index (χ0v) is 16.9. The molecule has 152 valence electrons. The molecule has 0 aliphatic rings. The van der Waals surface area contributed by atoms with Crippen LogP contribution in [0, 0.1) is 0 Å². The molecule has 0 fully saturated rings. The molecule has 0 aliphatic heterocycles. The van der Waals surface area contributed by atoms with E-state index in [0.717, 1.165) is 43.5 Å². The van der Waals surface area contributed by atoms with Crippen molar-refractivity contribution >= 4 is 16.7 Å². The van der Waals surface area contributed by atoms with E-state index in [4.69, 9.17) is 9.47 Å². The summed E-state index contributed by atoms with van der Waals surface area (Å²) in [7, 11) is 3.13. The number of carbonyl (C=O) groups excluding carboxylic acids is 1. The summed E-state index contributed by atoms with van der Waals surface area (Å²) in [5, 5.41) is 5.67. The molecule has 5 nitrogen and oxygen atoms in total. The van der Waals surface area contributed by atoms with Crippen molar-refractivity contribution in [2.45, 2.75) is 25.7 Å². The highest BCUT2D eigenvalue weighted by atomic mass is 16.5. The summed E-state index contributed by atoms with van der Waals surface area (Å²) < 4.78 is 15.9. The third-order valence-electron chi connectivity index (χ3n) is 4.49. The van der Waals surface area contributed by atoms with Gasteiger partial charge in [0.1, 0.15) is 12.4 Å². The van der Waals surface area contributed by atoms with Crippen molar-refractivity contribution in [1.82, 2.24) is 5.32 Å². The summed E-state index contributed by atoms with van der Waals surface area (Å²) in [6.45, 7) is 2.76. The largest absolute Gasteiger partial charge is 0.489 e. The van der Waals surface area contributed by atoms with Crippen molar-refractivity contribution in [3.8, 4) is 5.75 Å². The summed E-state index contributed by atoms with van der Waals surface area (Å²) in [4.78, 5) is 11.2. The van der Waals surface area contributed by atoms with Crippen LogP contribution in [0.1, 0.15) is 25.7 Å². The van der Waals surface area contributed by atoms with E-state index in [1.165, 1.54) is 18.1 Å². The molecule has 2 rings (SSSR count). The van der Waals surface area contributed by atoms with Gasteiger partial charge in [0.2, 0.25) is 0 Å². The van der Waals surface area contributed by atoms with Crippen molar-refractivity contribution in [1.29, 1.82) is 0 Å². The molecule has 0 heterocycles. The fourth-order valence-electron chi connectivity index (χ4n) is 2.92. The molecule has 0 saturated heterocycles. The molecule has 0 spiro atoms. The Kier molecular flexibility index (Phi) is 10.1. The van der Waals surface area contributed by atoms with E-state index in [1.807, 2.05) is 24.3 Å². The van der Waals surface area contributed by atoms with Gasteiger partial charge in [0, 0.05) is 32.0 Å². The molecular weight excluding hydrogens is 354 g/mol. The number of methoxy groups -OCH3 is 2. The normalized spacial score (nSPS) is 11.6. The second kappa shape index (κ2) is 12.9. The Morgan fingerprint density at radius 3 is 2.71 bits per heavy atom. The van der Waals surface area contributed by atoms with E-state index in [1.54, 1.807) is 7.11 Å². The number of nitrogens with one attached hydrogen (secondary N) is 1. The first-order valence-corrected chi connectivity index (χ1v) is 9.79. The van der Waals surface area contributed by atoms with Crippen LogP contribution in [0.15, 0.2) is 54.1 Å². The molecule has 0 radical (unpaired) electrons. The molecule has 2 aromatic carbocycles. The van der Waals surface area contributed by atoms with Gasteiger partial charge in [-0.3, -0.25) is 4.79 Å². The number of hydrogen-bond acceptors (Lipinski definition) is 5. The molecule has 0 saturated carbocycles. The molecule has 2 aromatic rings. The summed E-state index contributed by atoms with van der Waals surface area (Å²) in [6, 6.07) is 14.3. The summed E-state index contributed by atoms with van der Waals surface area (Å²) in [5.41, 5.74) is 1.20. The second-order valence-electron chi connectivity index (χ2n) is 6.62. The van der Waals surface area contributed by atoms with Crippen molar-refractivity contribution in [2.75, 3.05) is 40.5 Å². The Hall–Kier alpha value is -2.37. The van der Waals surface area contributed by atoms with E-state index in [0.29, 0.717) is 19.6 Å². The van der Waals surface area contributed by atoms with Crippen LogP contribution < -0.4 is 10.1 Å². The molecule has 28 heavy (non-hydrogen) atoms. The highest BCUT2D eigenvalue weighted by Gasteiger charge is 2.04. The van der Waals surface area contributed by atoms with Crippen LogP contribution in [-0.4, -0.2) is 46.5 Å². The van der Waals surface area contributed by atoms with Crippen molar-refractivity contribution in [2.24, 2.45) is 0 Å². The van der Waals surface area contributed by atoms with E-state index < -0.39 is 0 Å². The van der Waals surface area contributed by atoms with Crippen molar-refractivity contribution in [3.05, 3.63) is 54.1 Å². The lowest BCUT2D eigenvalue weighted by atomic mass is 10.1. The van der Waals surface area contributed by atoms with Crippen LogP contribution in [0.5, 0.6) is 5.75 Å². The highest BCUT2D eigenvalue weighted by Crippen LogP contribution is 2.25. The Morgan fingerprint density at radius 2 is 1.89 bits per heavy atom. The minimum Gasteiger partial charge on any atom is -0.489 e. The van der Waals surface area contributed by atoms with Crippen molar-refractivity contribution < 1.29 is 19.0 Å². The summed E-state index contributed by atoms with van der Waals surface area (Å²) in [6.07, 6.45) is 5.38. The standard InChI is InChI=1S/C23H31NO4/c1-26-16-15-24-17-19(9-4-3-5-14-23(25)27-2)18-28-22-13-8-11-20-10-6-7-12-21(20)22/h6-13,24H,3-5,14-18H2,1-2H3/b19-9-. The first-order chi connectivity index (χ1) is 13.7. The maximum Gasteiger partial charge on any atom is 0.305 e. The van der Waals surface area contributed by atoms with Crippen LogP contribution in [0.2, 0.25) is 0 Å². The topological polar surface area (TPSA) is 56.8 Å². The van der Waals surface area contributed by atoms with Crippen LogP contribution in [0.4, 0.5) is 0 Å². The quantitative estimate of drug-likeness (QED) is 0.319. The van der Waals surface area contributed by atoms with Gasteiger partial charge in [-0.2, -0.15) is 0 Å². The summed E-state index contributed by atoms with van der Waals surface area (Å²) in [5.74, 6) is 0.747. The molecule has 0 aliphatic carbocycles. The summed E-state index contributed by atoms with van der Waals surface area (Å²) >= 11 is 0.